The summed E-state index contributed by atoms with van der Waals surface area (Å²) in [6, 6.07) is 11.1. The minimum Gasteiger partial charge on any atom is -0.490 e. The molecular weight excluding hydrogens is 318 g/mol. The number of hydrogen-bond donors (Lipinski definition) is 2. The normalized spacial score (nSPS) is 19.7. The number of β-amino-alcohol motifs (C(OH)–C–C–N with tert-alkyl or cyclic N) is 1. The van der Waals surface area contributed by atoms with Crippen LogP contribution in [0, 0.1) is 6.92 Å². The van der Waals surface area contributed by atoms with Crippen LogP contribution in [0.2, 0.25) is 0 Å². The van der Waals surface area contributed by atoms with Crippen molar-refractivity contribution >= 4 is 11.7 Å². The molecule has 1 saturated heterocycles. The van der Waals surface area contributed by atoms with E-state index in [2.05, 4.69) is 10.3 Å². The molecule has 1 aromatic carbocycles. The summed E-state index contributed by atoms with van der Waals surface area (Å²) < 4.78 is 5.79. The molecule has 1 amide bonds. The van der Waals surface area contributed by atoms with Crippen LogP contribution in [0.5, 0.6) is 5.75 Å². The number of hydrogen-bond acceptors (Lipinski definition) is 5. The fourth-order valence-corrected chi connectivity index (χ4v) is 2.96. The molecule has 0 aliphatic carbocycles. The lowest BCUT2D eigenvalue weighted by molar-refractivity contribution is 0.00413. The van der Waals surface area contributed by atoms with Gasteiger partial charge in [0.25, 0.3) is 5.91 Å². The zero-order chi connectivity index (χ0) is 17.9. The van der Waals surface area contributed by atoms with Gasteiger partial charge in [-0.2, -0.15) is 0 Å². The second-order valence-corrected chi connectivity index (χ2v) is 6.43. The number of anilines is 1. The average Bonchev–Trinajstić information content (AvgIpc) is 3.03. The molecule has 0 saturated carbocycles. The van der Waals surface area contributed by atoms with E-state index in [1.807, 2.05) is 31.2 Å². The van der Waals surface area contributed by atoms with Gasteiger partial charge in [-0.1, -0.05) is 18.2 Å². The number of nitrogens with zero attached hydrogens (tertiary/aromatic N) is 2. The van der Waals surface area contributed by atoms with Crippen LogP contribution in [-0.4, -0.2) is 53.2 Å². The van der Waals surface area contributed by atoms with Crippen molar-refractivity contribution in [3.63, 3.8) is 0 Å². The van der Waals surface area contributed by atoms with E-state index in [1.165, 1.54) is 0 Å². The van der Waals surface area contributed by atoms with E-state index >= 15 is 0 Å². The zero-order valence-corrected chi connectivity index (χ0v) is 14.5. The molecule has 1 fully saturated rings. The quantitative estimate of drug-likeness (QED) is 0.871. The Balaban J connectivity index is 1.63. The summed E-state index contributed by atoms with van der Waals surface area (Å²) in [6.45, 7) is 2.89. The van der Waals surface area contributed by atoms with Crippen LogP contribution in [0.3, 0.4) is 0 Å². The molecule has 1 aromatic heterocycles. The van der Waals surface area contributed by atoms with Gasteiger partial charge in [0.15, 0.2) is 0 Å². The summed E-state index contributed by atoms with van der Waals surface area (Å²) >= 11 is 0. The smallest absolute Gasteiger partial charge is 0.254 e. The van der Waals surface area contributed by atoms with Gasteiger partial charge in [0, 0.05) is 25.4 Å². The number of ether oxygens (including phenoxy) is 1. The summed E-state index contributed by atoms with van der Waals surface area (Å²) in [5, 5.41) is 13.7. The molecule has 0 bridgehead atoms. The minimum atomic E-state index is -1.03. The van der Waals surface area contributed by atoms with Crippen molar-refractivity contribution in [2.45, 2.75) is 18.9 Å². The van der Waals surface area contributed by atoms with E-state index in [0.717, 1.165) is 11.3 Å². The fourth-order valence-electron chi connectivity index (χ4n) is 2.96. The standard InChI is InChI=1S/C19H23N3O3/c1-14-5-3-4-6-16(14)25-13-19(24)8-10-22(12-19)18(23)15-7-9-21-17(11-15)20-2/h3-7,9,11,24H,8,10,12-13H2,1-2H3,(H,20,21)/t19-/m1/s1. The molecule has 2 aromatic rings. The highest BCUT2D eigenvalue weighted by Gasteiger charge is 2.39. The third kappa shape index (κ3) is 3.91. The number of para-hydroxylation sites is 1. The summed E-state index contributed by atoms with van der Waals surface area (Å²) in [4.78, 5) is 18.4. The third-order valence-corrected chi connectivity index (χ3v) is 4.47. The molecule has 0 radical (unpaired) electrons. The molecule has 2 heterocycles. The number of likely N-dealkylation sites (tertiary alicyclic amines) is 1. The molecule has 6 nitrogen and oxygen atoms in total. The molecule has 1 atom stereocenters. The molecule has 1 aliphatic heterocycles. The van der Waals surface area contributed by atoms with Crippen LogP contribution in [0.15, 0.2) is 42.6 Å². The number of benzene rings is 1. The number of carbonyl (C=O) groups is 1. The highest BCUT2D eigenvalue weighted by molar-refractivity contribution is 5.95. The third-order valence-electron chi connectivity index (χ3n) is 4.47. The van der Waals surface area contributed by atoms with Crippen LogP contribution < -0.4 is 10.1 Å². The maximum atomic E-state index is 12.6. The number of amides is 1. The fraction of sp³-hybridized carbons (Fsp3) is 0.368. The number of carbonyl (C=O) groups excluding carboxylic acids is 1. The van der Waals surface area contributed by atoms with E-state index in [4.69, 9.17) is 4.74 Å². The topological polar surface area (TPSA) is 74.7 Å². The Morgan fingerprint density at radius 3 is 2.96 bits per heavy atom. The first-order chi connectivity index (χ1) is 12.0. The molecule has 3 rings (SSSR count). The highest BCUT2D eigenvalue weighted by Crippen LogP contribution is 2.25. The molecular formula is C19H23N3O3. The second kappa shape index (κ2) is 7.11. The van der Waals surface area contributed by atoms with Crippen molar-refractivity contribution in [3.05, 3.63) is 53.7 Å². The largest absolute Gasteiger partial charge is 0.490 e. The maximum Gasteiger partial charge on any atom is 0.254 e. The van der Waals surface area contributed by atoms with E-state index < -0.39 is 5.60 Å². The van der Waals surface area contributed by atoms with Crippen molar-refractivity contribution in [3.8, 4) is 5.75 Å². The van der Waals surface area contributed by atoms with E-state index in [9.17, 15) is 9.90 Å². The van der Waals surface area contributed by atoms with Gasteiger partial charge in [-0.15, -0.1) is 0 Å². The van der Waals surface area contributed by atoms with Crippen molar-refractivity contribution in [2.24, 2.45) is 0 Å². The lowest BCUT2D eigenvalue weighted by Crippen LogP contribution is -2.40. The molecule has 1 aliphatic rings. The van der Waals surface area contributed by atoms with Crippen molar-refractivity contribution < 1.29 is 14.6 Å². The minimum absolute atomic E-state index is 0.106. The first-order valence-corrected chi connectivity index (χ1v) is 8.35. The molecule has 2 N–H and O–H groups in total. The van der Waals surface area contributed by atoms with Crippen LogP contribution in [-0.2, 0) is 0 Å². The average molecular weight is 341 g/mol. The first kappa shape index (κ1) is 17.2. The van der Waals surface area contributed by atoms with Crippen LogP contribution >= 0.6 is 0 Å². The van der Waals surface area contributed by atoms with Crippen LogP contribution in [0.1, 0.15) is 22.3 Å². The predicted molar refractivity (Wildman–Crippen MR) is 95.9 cm³/mol. The maximum absolute atomic E-state index is 12.6. The summed E-state index contributed by atoms with van der Waals surface area (Å²) in [6.07, 6.45) is 2.09. The Morgan fingerprint density at radius 2 is 2.20 bits per heavy atom. The van der Waals surface area contributed by atoms with E-state index in [-0.39, 0.29) is 19.1 Å². The Morgan fingerprint density at radius 1 is 1.40 bits per heavy atom. The van der Waals surface area contributed by atoms with Gasteiger partial charge < -0.3 is 20.1 Å². The lowest BCUT2D eigenvalue weighted by atomic mass is 10.1. The molecule has 25 heavy (non-hydrogen) atoms. The Hall–Kier alpha value is -2.60. The number of pyridine rings is 1. The Labute approximate surface area is 147 Å². The SMILES string of the molecule is CNc1cc(C(=O)N2CC[C@](O)(COc3ccccc3C)C2)ccn1. The molecule has 132 valence electrons. The van der Waals surface area contributed by atoms with Gasteiger partial charge in [-0.3, -0.25) is 4.79 Å². The number of rotatable bonds is 5. The van der Waals surface area contributed by atoms with Gasteiger partial charge in [0.2, 0.25) is 0 Å². The highest BCUT2D eigenvalue weighted by atomic mass is 16.5. The van der Waals surface area contributed by atoms with E-state index in [0.29, 0.717) is 24.3 Å². The van der Waals surface area contributed by atoms with Crippen molar-refractivity contribution in [1.82, 2.24) is 9.88 Å². The molecule has 0 unspecified atom stereocenters. The summed E-state index contributed by atoms with van der Waals surface area (Å²) in [5.74, 6) is 1.29. The van der Waals surface area contributed by atoms with Gasteiger partial charge in [-0.05, 0) is 37.1 Å². The van der Waals surface area contributed by atoms with E-state index in [1.54, 1.807) is 30.3 Å². The van der Waals surface area contributed by atoms with Gasteiger partial charge >= 0.3 is 0 Å². The monoisotopic (exact) mass is 341 g/mol. The molecule has 0 spiro atoms. The Kier molecular flexibility index (Phi) is 4.90. The van der Waals surface area contributed by atoms with Crippen molar-refractivity contribution in [1.29, 1.82) is 0 Å². The van der Waals surface area contributed by atoms with Crippen LogP contribution in [0.4, 0.5) is 5.82 Å². The number of aliphatic hydroxyl groups is 1. The predicted octanol–water partition coefficient (Wildman–Crippen LogP) is 2.09. The summed E-state index contributed by atoms with van der Waals surface area (Å²) in [7, 11) is 1.76. The molecule has 6 heteroatoms. The second-order valence-electron chi connectivity index (χ2n) is 6.43. The lowest BCUT2D eigenvalue weighted by Gasteiger charge is -2.24. The number of aromatic nitrogens is 1. The number of aryl methyl sites for hydroxylation is 1. The number of nitrogens with one attached hydrogen (secondary N) is 1. The van der Waals surface area contributed by atoms with Gasteiger partial charge in [0.1, 0.15) is 23.8 Å². The van der Waals surface area contributed by atoms with Crippen molar-refractivity contribution in [2.75, 3.05) is 32.1 Å². The van der Waals surface area contributed by atoms with Gasteiger partial charge in [-0.25, -0.2) is 4.98 Å². The van der Waals surface area contributed by atoms with Crippen LogP contribution in [0.25, 0.3) is 0 Å². The summed E-state index contributed by atoms with van der Waals surface area (Å²) in [5.41, 5.74) is 0.549. The zero-order valence-electron chi connectivity index (χ0n) is 14.5. The Bertz CT molecular complexity index is 765. The first-order valence-electron chi connectivity index (χ1n) is 8.35. The van der Waals surface area contributed by atoms with Gasteiger partial charge in [0.05, 0.1) is 6.54 Å².